The third kappa shape index (κ3) is 14.3. The van der Waals surface area contributed by atoms with Gasteiger partial charge in [0.05, 0.1) is 6.61 Å². The summed E-state index contributed by atoms with van der Waals surface area (Å²) in [5.41, 5.74) is 0. The zero-order valence-electron chi connectivity index (χ0n) is 15.4. The van der Waals surface area contributed by atoms with Gasteiger partial charge in [0, 0.05) is 12.8 Å². The van der Waals surface area contributed by atoms with E-state index in [0.29, 0.717) is 25.9 Å². The second kappa shape index (κ2) is 15.8. The minimum atomic E-state index is -0.204. The zero-order chi connectivity index (χ0) is 17.3. The zero-order valence-corrected chi connectivity index (χ0v) is 15.4. The van der Waals surface area contributed by atoms with Crippen LogP contribution in [0.1, 0.15) is 97.8 Å². The Morgan fingerprint density at radius 2 is 1.43 bits per heavy atom. The minimum Gasteiger partial charge on any atom is -0.466 e. The molecule has 0 aliphatic heterocycles. The van der Waals surface area contributed by atoms with Crippen molar-refractivity contribution in [3.05, 3.63) is 0 Å². The summed E-state index contributed by atoms with van der Waals surface area (Å²) in [5, 5.41) is 0. The molecule has 0 amide bonds. The fourth-order valence-corrected chi connectivity index (χ4v) is 2.38. The Kier molecular flexibility index (Phi) is 15.1. The molecule has 136 valence electrons. The normalized spacial score (nSPS) is 12.0. The van der Waals surface area contributed by atoms with E-state index in [-0.39, 0.29) is 18.0 Å². The highest BCUT2D eigenvalue weighted by molar-refractivity contribution is 5.72. The van der Waals surface area contributed by atoms with Crippen LogP contribution in [-0.2, 0) is 19.1 Å². The van der Waals surface area contributed by atoms with Crippen molar-refractivity contribution in [3.63, 3.8) is 0 Å². The van der Waals surface area contributed by atoms with Crippen LogP contribution >= 0.6 is 0 Å². The molecule has 0 bridgehead atoms. The van der Waals surface area contributed by atoms with Crippen LogP contribution in [0.2, 0.25) is 0 Å². The molecule has 0 aromatic rings. The lowest BCUT2D eigenvalue weighted by molar-refractivity contribution is -0.150. The van der Waals surface area contributed by atoms with Crippen molar-refractivity contribution < 1.29 is 19.1 Å². The molecule has 4 nitrogen and oxygen atoms in total. The van der Waals surface area contributed by atoms with Crippen molar-refractivity contribution in [3.8, 4) is 0 Å². The van der Waals surface area contributed by atoms with Crippen LogP contribution in [0, 0.1) is 0 Å². The van der Waals surface area contributed by atoms with Crippen LogP contribution in [-0.4, -0.2) is 24.6 Å². The highest BCUT2D eigenvalue weighted by Gasteiger charge is 2.13. The van der Waals surface area contributed by atoms with Gasteiger partial charge in [-0.3, -0.25) is 9.59 Å². The molecule has 0 radical (unpaired) electrons. The fraction of sp³-hybridized carbons (Fsp3) is 0.895. The maximum Gasteiger partial charge on any atom is 0.306 e. The first kappa shape index (κ1) is 21.9. The number of hydrogen-bond acceptors (Lipinski definition) is 4. The van der Waals surface area contributed by atoms with Gasteiger partial charge >= 0.3 is 11.9 Å². The topological polar surface area (TPSA) is 52.6 Å². The summed E-state index contributed by atoms with van der Waals surface area (Å²) in [6, 6.07) is 0. The number of ether oxygens (including phenoxy) is 2. The third-order valence-electron chi connectivity index (χ3n) is 3.91. The molecule has 4 heteroatoms. The summed E-state index contributed by atoms with van der Waals surface area (Å²) in [4.78, 5) is 23.3. The van der Waals surface area contributed by atoms with Crippen LogP contribution in [0.25, 0.3) is 0 Å². The third-order valence-corrected chi connectivity index (χ3v) is 3.91. The maximum absolute atomic E-state index is 11.8. The van der Waals surface area contributed by atoms with E-state index < -0.39 is 0 Å². The van der Waals surface area contributed by atoms with Gasteiger partial charge in [0.25, 0.3) is 0 Å². The molecule has 0 rings (SSSR count). The SMILES string of the molecule is CCCCCCOC(=O)CCCC(=O)OC(CC)CCCCC. The van der Waals surface area contributed by atoms with Gasteiger partial charge < -0.3 is 9.47 Å². The molecular weight excluding hydrogens is 292 g/mol. The van der Waals surface area contributed by atoms with E-state index in [9.17, 15) is 9.59 Å². The Labute approximate surface area is 142 Å². The lowest BCUT2D eigenvalue weighted by atomic mass is 10.1. The first-order valence-electron chi connectivity index (χ1n) is 9.49. The number of carbonyl (C=O) groups excluding carboxylic acids is 2. The number of rotatable bonds is 15. The van der Waals surface area contributed by atoms with Crippen LogP contribution in [0.3, 0.4) is 0 Å². The van der Waals surface area contributed by atoms with E-state index in [1.807, 2.05) is 6.92 Å². The number of hydrogen-bond donors (Lipinski definition) is 0. The highest BCUT2D eigenvalue weighted by atomic mass is 16.5. The average Bonchev–Trinajstić information content (AvgIpc) is 2.54. The van der Waals surface area contributed by atoms with Crippen LogP contribution in [0.4, 0.5) is 0 Å². The summed E-state index contributed by atoms with van der Waals surface area (Å²) in [6.07, 6.45) is 10.8. The van der Waals surface area contributed by atoms with Gasteiger partial charge in [0.1, 0.15) is 6.10 Å². The lowest BCUT2D eigenvalue weighted by Gasteiger charge is -2.15. The van der Waals surface area contributed by atoms with Crippen molar-refractivity contribution in [2.75, 3.05) is 6.61 Å². The molecule has 0 N–H and O–H groups in total. The molecule has 0 saturated heterocycles. The number of carbonyl (C=O) groups is 2. The Bertz CT molecular complexity index is 302. The van der Waals surface area contributed by atoms with E-state index in [1.54, 1.807) is 0 Å². The van der Waals surface area contributed by atoms with Gasteiger partial charge in [0.2, 0.25) is 0 Å². The van der Waals surface area contributed by atoms with E-state index >= 15 is 0 Å². The molecule has 0 aliphatic rings. The smallest absolute Gasteiger partial charge is 0.306 e. The fourth-order valence-electron chi connectivity index (χ4n) is 2.38. The number of unbranched alkanes of at least 4 members (excludes halogenated alkanes) is 5. The van der Waals surface area contributed by atoms with Gasteiger partial charge in [-0.2, -0.15) is 0 Å². The molecule has 1 atom stereocenters. The van der Waals surface area contributed by atoms with Crippen LogP contribution in [0.15, 0.2) is 0 Å². The Morgan fingerprint density at radius 1 is 0.783 bits per heavy atom. The monoisotopic (exact) mass is 328 g/mol. The van der Waals surface area contributed by atoms with Crippen molar-refractivity contribution in [1.82, 2.24) is 0 Å². The highest BCUT2D eigenvalue weighted by Crippen LogP contribution is 2.12. The second-order valence-corrected chi connectivity index (χ2v) is 6.15. The summed E-state index contributed by atoms with van der Waals surface area (Å²) in [6.45, 7) is 6.85. The molecule has 0 aromatic heterocycles. The van der Waals surface area contributed by atoms with E-state index in [4.69, 9.17) is 9.47 Å². The lowest BCUT2D eigenvalue weighted by Crippen LogP contribution is -2.17. The Balaban J connectivity index is 3.65. The molecule has 23 heavy (non-hydrogen) atoms. The van der Waals surface area contributed by atoms with Crippen LogP contribution in [0.5, 0.6) is 0 Å². The predicted molar refractivity (Wildman–Crippen MR) is 93.3 cm³/mol. The average molecular weight is 328 g/mol. The maximum atomic E-state index is 11.8. The predicted octanol–water partition coefficient (Wildman–Crippen LogP) is 5.18. The van der Waals surface area contributed by atoms with Gasteiger partial charge in [-0.1, -0.05) is 52.9 Å². The molecule has 0 fully saturated rings. The van der Waals surface area contributed by atoms with E-state index in [2.05, 4.69) is 13.8 Å². The Morgan fingerprint density at radius 3 is 2.09 bits per heavy atom. The molecular formula is C19H36O4. The van der Waals surface area contributed by atoms with Gasteiger partial charge in [-0.25, -0.2) is 0 Å². The van der Waals surface area contributed by atoms with Crippen LogP contribution < -0.4 is 0 Å². The number of esters is 2. The Hall–Kier alpha value is -1.06. The molecule has 1 unspecified atom stereocenters. The van der Waals surface area contributed by atoms with E-state index in [1.165, 1.54) is 25.7 Å². The molecule has 0 spiro atoms. The van der Waals surface area contributed by atoms with Crippen molar-refractivity contribution in [1.29, 1.82) is 0 Å². The molecule has 0 aliphatic carbocycles. The largest absolute Gasteiger partial charge is 0.466 e. The van der Waals surface area contributed by atoms with E-state index in [0.717, 1.165) is 32.1 Å². The summed E-state index contributed by atoms with van der Waals surface area (Å²) < 4.78 is 10.6. The molecule has 0 heterocycles. The second-order valence-electron chi connectivity index (χ2n) is 6.15. The van der Waals surface area contributed by atoms with Gasteiger partial charge in [-0.05, 0) is 32.1 Å². The summed E-state index contributed by atoms with van der Waals surface area (Å²) >= 11 is 0. The summed E-state index contributed by atoms with van der Waals surface area (Å²) in [5.74, 6) is -0.395. The summed E-state index contributed by atoms with van der Waals surface area (Å²) in [7, 11) is 0. The van der Waals surface area contributed by atoms with Gasteiger partial charge in [-0.15, -0.1) is 0 Å². The van der Waals surface area contributed by atoms with Crippen molar-refractivity contribution in [2.45, 2.75) is 104 Å². The molecule has 0 aromatic carbocycles. The first-order valence-corrected chi connectivity index (χ1v) is 9.49. The molecule has 0 saturated carbocycles. The van der Waals surface area contributed by atoms with Crippen molar-refractivity contribution in [2.24, 2.45) is 0 Å². The quantitative estimate of drug-likeness (QED) is 0.307. The van der Waals surface area contributed by atoms with Gasteiger partial charge in [0.15, 0.2) is 0 Å². The van der Waals surface area contributed by atoms with Crippen molar-refractivity contribution >= 4 is 11.9 Å². The first-order chi connectivity index (χ1) is 11.1. The standard InChI is InChI=1S/C19H36O4/c1-4-7-9-11-16-22-18(20)14-12-15-19(21)23-17(6-3)13-10-8-5-2/h17H,4-16H2,1-3H3. The minimum absolute atomic E-state index is 0.0274.